The van der Waals surface area contributed by atoms with Gasteiger partial charge in [-0.1, -0.05) is 0 Å². The van der Waals surface area contributed by atoms with Gasteiger partial charge in [0.1, 0.15) is 11.9 Å². The number of aryl methyl sites for hydroxylation is 1. The second-order valence-corrected chi connectivity index (χ2v) is 4.73. The molecule has 1 aromatic rings. The van der Waals surface area contributed by atoms with Gasteiger partial charge in [-0.3, -0.25) is 4.79 Å². The van der Waals surface area contributed by atoms with Gasteiger partial charge in [0.15, 0.2) is 0 Å². The van der Waals surface area contributed by atoms with Crippen LogP contribution in [0.25, 0.3) is 0 Å². The molecule has 1 aliphatic rings. The first-order valence-electron chi connectivity index (χ1n) is 6.27. The number of amides is 1. The van der Waals surface area contributed by atoms with Gasteiger partial charge in [-0.2, -0.15) is 0 Å². The van der Waals surface area contributed by atoms with Gasteiger partial charge in [0.05, 0.1) is 5.56 Å². The number of pyridine rings is 1. The lowest BCUT2D eigenvalue weighted by molar-refractivity contribution is -0.139. The van der Waals surface area contributed by atoms with Gasteiger partial charge in [0.25, 0.3) is 5.91 Å². The molecule has 3 N–H and O–H groups in total. The van der Waals surface area contributed by atoms with Crippen molar-refractivity contribution in [3.8, 4) is 0 Å². The molecule has 2 heterocycles. The SMILES string of the molecule is Cc1ccnc(N2CCCCC2C(=O)O)c1C(N)=O. The molecular formula is C13H17N3O3. The fraction of sp³-hybridized carbons (Fsp3) is 0.462. The van der Waals surface area contributed by atoms with Crippen LogP contribution in [0.15, 0.2) is 12.3 Å². The average Bonchev–Trinajstić information content (AvgIpc) is 2.37. The highest BCUT2D eigenvalue weighted by Gasteiger charge is 2.31. The Morgan fingerprint density at radius 2 is 2.21 bits per heavy atom. The second kappa shape index (κ2) is 5.26. The molecule has 1 saturated heterocycles. The molecule has 0 aromatic carbocycles. The average molecular weight is 263 g/mol. The monoisotopic (exact) mass is 263 g/mol. The van der Waals surface area contributed by atoms with E-state index in [1.165, 1.54) is 0 Å². The Hall–Kier alpha value is -2.11. The summed E-state index contributed by atoms with van der Waals surface area (Å²) in [6, 6.07) is 1.06. The molecule has 1 aliphatic heterocycles. The van der Waals surface area contributed by atoms with E-state index in [-0.39, 0.29) is 0 Å². The fourth-order valence-corrected chi connectivity index (χ4v) is 2.51. The van der Waals surface area contributed by atoms with Gasteiger partial charge in [0.2, 0.25) is 0 Å². The predicted molar refractivity (Wildman–Crippen MR) is 70.1 cm³/mol. The maximum Gasteiger partial charge on any atom is 0.326 e. The summed E-state index contributed by atoms with van der Waals surface area (Å²) in [7, 11) is 0. The lowest BCUT2D eigenvalue weighted by atomic mass is 10.0. The van der Waals surface area contributed by atoms with E-state index in [0.29, 0.717) is 29.9 Å². The van der Waals surface area contributed by atoms with Crippen molar-refractivity contribution >= 4 is 17.7 Å². The number of nitrogens with two attached hydrogens (primary N) is 1. The van der Waals surface area contributed by atoms with E-state index >= 15 is 0 Å². The second-order valence-electron chi connectivity index (χ2n) is 4.73. The van der Waals surface area contributed by atoms with Crippen LogP contribution in [0.3, 0.4) is 0 Å². The molecule has 0 aliphatic carbocycles. The first-order chi connectivity index (χ1) is 9.02. The number of carboxylic acids is 1. The number of carbonyl (C=O) groups is 2. The molecule has 2 rings (SSSR count). The number of hydrogen-bond donors (Lipinski definition) is 2. The molecule has 1 atom stereocenters. The van der Waals surface area contributed by atoms with Gasteiger partial charge in [-0.25, -0.2) is 9.78 Å². The maximum atomic E-state index is 11.6. The summed E-state index contributed by atoms with van der Waals surface area (Å²) in [6.45, 7) is 2.35. The number of primary amides is 1. The van der Waals surface area contributed by atoms with Gasteiger partial charge in [-0.05, 0) is 37.8 Å². The normalized spacial score (nSPS) is 19.2. The quantitative estimate of drug-likeness (QED) is 0.845. The van der Waals surface area contributed by atoms with Crippen molar-refractivity contribution in [2.45, 2.75) is 32.2 Å². The number of piperidine rings is 1. The number of rotatable bonds is 3. The molecule has 19 heavy (non-hydrogen) atoms. The molecule has 6 heteroatoms. The molecule has 1 fully saturated rings. The molecule has 1 amide bonds. The molecule has 0 saturated carbocycles. The topological polar surface area (TPSA) is 96.5 Å². The fourth-order valence-electron chi connectivity index (χ4n) is 2.51. The lowest BCUT2D eigenvalue weighted by Crippen LogP contribution is -2.46. The number of carboxylic acid groups (broad SMARTS) is 1. The summed E-state index contributed by atoms with van der Waals surface area (Å²) in [6.07, 6.45) is 3.89. The van der Waals surface area contributed by atoms with Crippen LogP contribution in [-0.2, 0) is 4.79 Å². The first kappa shape index (κ1) is 13.3. The van der Waals surface area contributed by atoms with E-state index in [1.807, 2.05) is 0 Å². The molecule has 1 unspecified atom stereocenters. The van der Waals surface area contributed by atoms with Crippen molar-refractivity contribution in [1.29, 1.82) is 0 Å². The Morgan fingerprint density at radius 3 is 2.84 bits per heavy atom. The van der Waals surface area contributed by atoms with Crippen molar-refractivity contribution in [2.24, 2.45) is 5.73 Å². The molecule has 0 radical (unpaired) electrons. The summed E-state index contributed by atoms with van der Waals surface area (Å²) >= 11 is 0. The van der Waals surface area contributed by atoms with Crippen LogP contribution in [0.5, 0.6) is 0 Å². The van der Waals surface area contributed by atoms with Crippen molar-refractivity contribution in [3.63, 3.8) is 0 Å². The van der Waals surface area contributed by atoms with Crippen LogP contribution in [0.2, 0.25) is 0 Å². The standard InChI is InChI=1S/C13H17N3O3/c1-8-5-6-15-12(10(8)11(14)17)16-7-3-2-4-9(16)13(18)19/h5-6,9H,2-4,7H2,1H3,(H2,14,17)(H,18,19). The maximum absolute atomic E-state index is 11.6. The number of anilines is 1. The minimum atomic E-state index is -0.890. The number of hydrogen-bond acceptors (Lipinski definition) is 4. The zero-order chi connectivity index (χ0) is 14.0. The van der Waals surface area contributed by atoms with Crippen molar-refractivity contribution in [2.75, 3.05) is 11.4 Å². The highest BCUT2D eigenvalue weighted by molar-refractivity contribution is 5.99. The number of nitrogens with zero attached hydrogens (tertiary/aromatic N) is 2. The molecule has 1 aromatic heterocycles. The summed E-state index contributed by atoms with van der Waals surface area (Å²) in [5.74, 6) is -1.08. The van der Waals surface area contributed by atoms with E-state index in [0.717, 1.165) is 12.8 Å². The van der Waals surface area contributed by atoms with Crippen molar-refractivity contribution < 1.29 is 14.7 Å². The molecular weight excluding hydrogens is 246 g/mol. The smallest absolute Gasteiger partial charge is 0.326 e. The van der Waals surface area contributed by atoms with Crippen molar-refractivity contribution in [3.05, 3.63) is 23.4 Å². The largest absolute Gasteiger partial charge is 0.480 e. The van der Waals surface area contributed by atoms with Gasteiger partial charge < -0.3 is 15.7 Å². The minimum Gasteiger partial charge on any atom is -0.480 e. The van der Waals surface area contributed by atoms with E-state index < -0.39 is 17.9 Å². The highest BCUT2D eigenvalue weighted by Crippen LogP contribution is 2.27. The highest BCUT2D eigenvalue weighted by atomic mass is 16.4. The number of aromatic nitrogens is 1. The van der Waals surface area contributed by atoms with Crippen molar-refractivity contribution in [1.82, 2.24) is 4.98 Å². The van der Waals surface area contributed by atoms with Crippen LogP contribution >= 0.6 is 0 Å². The van der Waals surface area contributed by atoms with E-state index in [2.05, 4.69) is 4.98 Å². The van der Waals surface area contributed by atoms with E-state index in [4.69, 9.17) is 5.73 Å². The third kappa shape index (κ3) is 2.52. The third-order valence-corrected chi connectivity index (χ3v) is 3.45. The summed E-state index contributed by atoms with van der Waals surface area (Å²) in [5, 5.41) is 9.28. The lowest BCUT2D eigenvalue weighted by Gasteiger charge is -2.34. The first-order valence-corrected chi connectivity index (χ1v) is 6.27. The van der Waals surface area contributed by atoms with Crippen LogP contribution in [0.1, 0.15) is 35.2 Å². The summed E-state index contributed by atoms with van der Waals surface area (Å²) < 4.78 is 0. The van der Waals surface area contributed by atoms with Crippen LogP contribution in [0, 0.1) is 6.92 Å². The number of carbonyl (C=O) groups excluding carboxylic acids is 1. The molecule has 102 valence electrons. The van der Waals surface area contributed by atoms with Gasteiger partial charge in [0, 0.05) is 12.7 Å². The Balaban J connectivity index is 2.47. The molecule has 6 nitrogen and oxygen atoms in total. The van der Waals surface area contributed by atoms with Gasteiger partial charge >= 0.3 is 5.97 Å². The van der Waals surface area contributed by atoms with Crippen LogP contribution < -0.4 is 10.6 Å². The Morgan fingerprint density at radius 1 is 1.47 bits per heavy atom. The summed E-state index contributed by atoms with van der Waals surface area (Å²) in [5.41, 5.74) is 6.42. The van der Waals surface area contributed by atoms with Crippen LogP contribution in [0.4, 0.5) is 5.82 Å². The molecule has 0 bridgehead atoms. The Kier molecular flexibility index (Phi) is 3.69. The predicted octanol–water partition coefficient (Wildman–Crippen LogP) is 0.932. The Labute approximate surface area is 111 Å². The zero-order valence-corrected chi connectivity index (χ0v) is 10.8. The third-order valence-electron chi connectivity index (χ3n) is 3.45. The number of aliphatic carboxylic acids is 1. The Bertz CT molecular complexity index is 516. The van der Waals surface area contributed by atoms with Gasteiger partial charge in [-0.15, -0.1) is 0 Å². The van der Waals surface area contributed by atoms with E-state index in [1.54, 1.807) is 24.1 Å². The minimum absolute atomic E-state index is 0.315. The van der Waals surface area contributed by atoms with E-state index in [9.17, 15) is 14.7 Å². The van der Waals surface area contributed by atoms with Crippen LogP contribution in [-0.4, -0.2) is 34.6 Å². The summed E-state index contributed by atoms with van der Waals surface area (Å²) in [4.78, 5) is 28.7. The molecule has 0 spiro atoms. The zero-order valence-electron chi connectivity index (χ0n) is 10.8.